The van der Waals surface area contributed by atoms with Gasteiger partial charge in [-0.15, -0.1) is 0 Å². The highest BCUT2D eigenvalue weighted by atomic mass is 35.5. The molecule has 3 aliphatic rings. The predicted octanol–water partition coefficient (Wildman–Crippen LogP) is 5.49. The van der Waals surface area contributed by atoms with E-state index in [1.807, 2.05) is 32.6 Å². The van der Waals surface area contributed by atoms with Gasteiger partial charge in [0, 0.05) is 37.9 Å². The van der Waals surface area contributed by atoms with Gasteiger partial charge in [0.2, 0.25) is 5.91 Å². The smallest absolute Gasteiger partial charge is 0.298 e. The first-order valence-electron chi connectivity index (χ1n) is 15.3. The van der Waals surface area contributed by atoms with Crippen LogP contribution in [0, 0.1) is 5.92 Å². The predicted molar refractivity (Wildman–Crippen MR) is 165 cm³/mol. The van der Waals surface area contributed by atoms with E-state index >= 15 is 0 Å². The number of ether oxygens (including phenoxy) is 2. The fourth-order valence-electron chi connectivity index (χ4n) is 7.18. The Balaban J connectivity index is 1.18. The number of hydrogen-bond donors (Lipinski definition) is 1. The van der Waals surface area contributed by atoms with Crippen molar-refractivity contribution in [2.75, 3.05) is 24.5 Å². The van der Waals surface area contributed by atoms with Crippen LogP contribution >= 0.6 is 11.6 Å². The summed E-state index contributed by atoms with van der Waals surface area (Å²) in [7, 11) is 0. The second kappa shape index (κ2) is 11.0. The number of aliphatic hydroxyl groups excluding tert-OH is 1. The molecule has 3 saturated heterocycles. The first-order valence-corrected chi connectivity index (χ1v) is 15.7. The molecule has 5 aromatic rings. The van der Waals surface area contributed by atoms with Crippen LogP contribution in [0.1, 0.15) is 45.0 Å². The normalized spacial score (nSPS) is 26.6. The highest BCUT2D eigenvalue weighted by Crippen LogP contribution is 2.43. The topological polar surface area (TPSA) is 122 Å². The van der Waals surface area contributed by atoms with Crippen LogP contribution in [0.15, 0.2) is 46.9 Å². The summed E-state index contributed by atoms with van der Waals surface area (Å²) in [5, 5.41) is 11.4. The van der Waals surface area contributed by atoms with Gasteiger partial charge >= 0.3 is 0 Å². The van der Waals surface area contributed by atoms with Crippen LogP contribution in [0.5, 0.6) is 6.01 Å². The summed E-state index contributed by atoms with van der Waals surface area (Å²) in [6, 6.07) is 12.5. The lowest BCUT2D eigenvalue weighted by atomic mass is 9.93. The van der Waals surface area contributed by atoms with Crippen molar-refractivity contribution in [3.8, 4) is 6.01 Å². The minimum Gasteiger partial charge on any atom is -0.459 e. The first-order chi connectivity index (χ1) is 22.2. The summed E-state index contributed by atoms with van der Waals surface area (Å²) < 4.78 is 48.6. The highest BCUT2D eigenvalue weighted by molar-refractivity contribution is 6.35. The average molecular weight is 653 g/mol. The van der Waals surface area contributed by atoms with Gasteiger partial charge in [-0.25, -0.2) is 18.7 Å². The lowest BCUT2D eigenvalue weighted by Crippen LogP contribution is -2.42. The number of alkyl halides is 2. The number of aromatic nitrogens is 4. The molecule has 6 atom stereocenters. The zero-order valence-electron chi connectivity index (χ0n) is 25.0. The number of fused-ring (bicyclic) bond motifs is 4. The number of carbonyl (C=O) groups excluding carboxylic acids is 1. The van der Waals surface area contributed by atoms with Gasteiger partial charge in [0.1, 0.15) is 23.3 Å². The molecule has 0 saturated carbocycles. The molecule has 3 aliphatic heterocycles. The van der Waals surface area contributed by atoms with E-state index in [0.717, 1.165) is 5.52 Å². The number of aliphatic hydroxyl groups is 1. The number of rotatable bonds is 6. The van der Waals surface area contributed by atoms with Crippen LogP contribution in [0.2, 0.25) is 5.02 Å². The molecule has 11 nitrogen and oxygen atoms in total. The number of nitrogens with zero attached hydrogens (tertiary/aromatic N) is 6. The van der Waals surface area contributed by atoms with Crippen molar-refractivity contribution in [1.82, 2.24) is 24.4 Å². The van der Waals surface area contributed by atoms with E-state index in [-0.39, 0.29) is 35.8 Å². The zero-order valence-corrected chi connectivity index (χ0v) is 25.8. The lowest BCUT2D eigenvalue weighted by molar-refractivity contribution is -0.131. The second-order valence-electron chi connectivity index (χ2n) is 12.3. The largest absolute Gasteiger partial charge is 0.459 e. The molecule has 0 aliphatic carbocycles. The number of furan rings is 1. The van der Waals surface area contributed by atoms with E-state index in [2.05, 4.69) is 16.9 Å². The Morgan fingerprint density at radius 3 is 2.65 bits per heavy atom. The van der Waals surface area contributed by atoms with Crippen molar-refractivity contribution in [3.05, 3.63) is 53.3 Å². The molecule has 6 heterocycles. The molecular weight excluding hydrogens is 622 g/mol. The molecule has 14 heteroatoms. The number of amides is 1. The van der Waals surface area contributed by atoms with Crippen LogP contribution in [0.3, 0.4) is 0 Å². The summed E-state index contributed by atoms with van der Waals surface area (Å²) in [4.78, 5) is 29.1. The van der Waals surface area contributed by atoms with E-state index in [4.69, 9.17) is 30.5 Å². The minimum absolute atomic E-state index is 0.0372. The Morgan fingerprint density at radius 2 is 1.91 bits per heavy atom. The molecule has 46 heavy (non-hydrogen) atoms. The SMILES string of the molecule is CC(=O)N1CC[C@@H](n2c(O[C@H]3C[C@@H](C4OC4O)N(c4nc(C(F)F)nc5c4oc4ccccc45)C3)nc3cccc(Cl)c32)[C@H](C)C1. The van der Waals surface area contributed by atoms with Gasteiger partial charge in [0.05, 0.1) is 28.6 Å². The molecule has 3 aromatic heterocycles. The molecule has 240 valence electrons. The Morgan fingerprint density at radius 1 is 1.11 bits per heavy atom. The molecule has 0 bridgehead atoms. The van der Waals surface area contributed by atoms with Gasteiger partial charge in [-0.2, -0.15) is 4.98 Å². The minimum atomic E-state index is -2.91. The number of benzene rings is 2. The van der Waals surface area contributed by atoms with Crippen molar-refractivity contribution in [3.63, 3.8) is 0 Å². The molecule has 1 amide bonds. The van der Waals surface area contributed by atoms with Crippen LogP contribution in [-0.2, 0) is 9.53 Å². The number of likely N-dealkylation sites (tertiary alicyclic amines) is 1. The van der Waals surface area contributed by atoms with E-state index < -0.39 is 36.8 Å². The van der Waals surface area contributed by atoms with Crippen LogP contribution in [-0.4, -0.2) is 79.6 Å². The maximum Gasteiger partial charge on any atom is 0.298 e. The molecule has 3 fully saturated rings. The number of epoxide rings is 1. The van der Waals surface area contributed by atoms with Crippen molar-refractivity contribution in [2.45, 2.75) is 63.7 Å². The third kappa shape index (κ3) is 4.83. The van der Waals surface area contributed by atoms with Crippen molar-refractivity contribution in [1.29, 1.82) is 0 Å². The van der Waals surface area contributed by atoms with Crippen molar-refractivity contribution in [2.24, 2.45) is 5.92 Å². The monoisotopic (exact) mass is 652 g/mol. The fourth-order valence-corrected chi connectivity index (χ4v) is 7.44. The van der Waals surface area contributed by atoms with Crippen LogP contribution < -0.4 is 9.64 Å². The summed E-state index contributed by atoms with van der Waals surface area (Å²) in [6.07, 6.45) is -3.86. The summed E-state index contributed by atoms with van der Waals surface area (Å²) in [6.45, 7) is 5.10. The van der Waals surface area contributed by atoms with Gasteiger partial charge in [-0.3, -0.25) is 9.36 Å². The first kappa shape index (κ1) is 29.3. The van der Waals surface area contributed by atoms with E-state index in [0.29, 0.717) is 59.0 Å². The maximum absolute atomic E-state index is 14.1. The van der Waals surface area contributed by atoms with Crippen LogP contribution in [0.4, 0.5) is 14.6 Å². The third-order valence-electron chi connectivity index (χ3n) is 9.41. The zero-order chi connectivity index (χ0) is 31.9. The van der Waals surface area contributed by atoms with Gasteiger partial charge in [0.25, 0.3) is 12.4 Å². The van der Waals surface area contributed by atoms with Gasteiger partial charge in [-0.05, 0) is 36.6 Å². The molecule has 2 aromatic carbocycles. The molecule has 2 unspecified atom stereocenters. The summed E-state index contributed by atoms with van der Waals surface area (Å²) in [5.41, 5.74) is 2.50. The lowest BCUT2D eigenvalue weighted by Gasteiger charge is -2.38. The number of carbonyl (C=O) groups is 1. The number of para-hydroxylation sites is 2. The molecule has 0 spiro atoms. The number of anilines is 1. The Labute approximate surface area is 266 Å². The third-order valence-corrected chi connectivity index (χ3v) is 9.71. The average Bonchev–Trinajstić information content (AvgIpc) is 3.33. The number of imidazole rings is 1. The van der Waals surface area contributed by atoms with E-state index in [1.54, 1.807) is 31.2 Å². The Bertz CT molecular complexity index is 1990. The Kier molecular flexibility index (Phi) is 7.03. The maximum atomic E-state index is 14.1. The molecule has 1 N–H and O–H groups in total. The van der Waals surface area contributed by atoms with Gasteiger partial charge < -0.3 is 28.8 Å². The molecule has 8 rings (SSSR count). The standard InChI is InChI=1S/C32H31ClF2N6O5/c1-15-13-39(16(2)42)11-10-21(15)41-25-19(33)7-5-8-20(25)36-32(41)44-17-12-22(26-31(43)46-26)40(14-17)30-27-24(37-29(38-30)28(34)35)18-6-3-4-9-23(18)45-27/h3-9,15,17,21-22,26,28,31,43H,10-14H2,1-2H3/t15-,17+,21-,22+,26?,31?/m1/s1. The quantitative estimate of drug-likeness (QED) is 0.237. The van der Waals surface area contributed by atoms with Gasteiger partial charge in [0.15, 0.2) is 23.5 Å². The number of halogens is 3. The molecular formula is C32H31ClF2N6O5. The number of hydrogen-bond acceptors (Lipinski definition) is 9. The van der Waals surface area contributed by atoms with Crippen LogP contribution in [0.25, 0.3) is 33.1 Å². The molecule has 0 radical (unpaired) electrons. The summed E-state index contributed by atoms with van der Waals surface area (Å²) in [5.74, 6) is -0.296. The highest BCUT2D eigenvalue weighted by Gasteiger charge is 2.52. The van der Waals surface area contributed by atoms with Crippen molar-refractivity contribution >= 4 is 56.4 Å². The van der Waals surface area contributed by atoms with Crippen molar-refractivity contribution < 1.29 is 32.6 Å². The Hall–Kier alpha value is -4.07. The van der Waals surface area contributed by atoms with E-state index in [1.165, 1.54) is 0 Å². The second-order valence-corrected chi connectivity index (χ2v) is 12.7. The van der Waals surface area contributed by atoms with E-state index in [9.17, 15) is 18.7 Å². The summed E-state index contributed by atoms with van der Waals surface area (Å²) >= 11 is 6.74. The number of piperidine rings is 1. The van der Waals surface area contributed by atoms with Gasteiger partial charge in [-0.1, -0.05) is 36.7 Å². The fraction of sp³-hybridized carbons (Fsp3) is 0.438.